The second-order valence-electron chi connectivity index (χ2n) is 6.40. The number of nitrogens with zero attached hydrogens (tertiary/aromatic N) is 1. The Hall–Kier alpha value is -3.48. The fourth-order valence-electron chi connectivity index (χ4n) is 2.95. The van der Waals surface area contributed by atoms with Crippen LogP contribution in [-0.4, -0.2) is 37.2 Å². The average molecular weight is 383 g/mol. The molecule has 0 fully saturated rings. The van der Waals surface area contributed by atoms with Crippen LogP contribution < -0.4 is 19.1 Å². The molecule has 0 unspecified atom stereocenters. The molecule has 2 amide bonds. The Kier molecular flexibility index (Phi) is 5.26. The SMILES string of the molecule is COc1ccc(C2=C(O)C(=O)N(c3ccc(OC(C)C)cc3)C2=O)cc1OC. The van der Waals surface area contributed by atoms with Gasteiger partial charge in [0.25, 0.3) is 5.91 Å². The topological polar surface area (TPSA) is 85.3 Å². The molecule has 28 heavy (non-hydrogen) atoms. The van der Waals surface area contributed by atoms with Gasteiger partial charge < -0.3 is 19.3 Å². The van der Waals surface area contributed by atoms with Crippen molar-refractivity contribution >= 4 is 23.1 Å². The van der Waals surface area contributed by atoms with E-state index in [9.17, 15) is 14.7 Å². The highest BCUT2D eigenvalue weighted by Crippen LogP contribution is 2.36. The number of benzene rings is 2. The number of aliphatic hydroxyl groups excluding tert-OH is 1. The third kappa shape index (κ3) is 3.38. The number of amides is 2. The van der Waals surface area contributed by atoms with Crippen LogP contribution in [-0.2, 0) is 9.59 Å². The summed E-state index contributed by atoms with van der Waals surface area (Å²) in [5.41, 5.74) is 0.609. The molecule has 1 aliphatic rings. The van der Waals surface area contributed by atoms with E-state index >= 15 is 0 Å². The Morgan fingerprint density at radius 2 is 1.54 bits per heavy atom. The molecule has 1 N–H and O–H groups in total. The quantitative estimate of drug-likeness (QED) is 0.770. The molecule has 0 bridgehead atoms. The lowest BCUT2D eigenvalue weighted by Crippen LogP contribution is -2.31. The molecule has 0 saturated heterocycles. The van der Waals surface area contributed by atoms with Crippen LogP contribution in [0.2, 0.25) is 0 Å². The van der Waals surface area contributed by atoms with Gasteiger partial charge in [0, 0.05) is 0 Å². The number of carbonyl (C=O) groups excluding carboxylic acids is 2. The molecule has 1 aliphatic heterocycles. The second-order valence-corrected chi connectivity index (χ2v) is 6.40. The molecule has 0 spiro atoms. The van der Waals surface area contributed by atoms with Crippen LogP contribution in [0.4, 0.5) is 5.69 Å². The van der Waals surface area contributed by atoms with Crippen LogP contribution >= 0.6 is 0 Å². The summed E-state index contributed by atoms with van der Waals surface area (Å²) in [5.74, 6) is -0.538. The molecule has 0 aromatic heterocycles. The first-order chi connectivity index (χ1) is 13.4. The van der Waals surface area contributed by atoms with Crippen LogP contribution in [0.15, 0.2) is 48.2 Å². The number of anilines is 1. The van der Waals surface area contributed by atoms with Gasteiger partial charge in [-0.25, -0.2) is 4.90 Å². The van der Waals surface area contributed by atoms with Gasteiger partial charge in [0.05, 0.1) is 31.6 Å². The van der Waals surface area contributed by atoms with Crippen molar-refractivity contribution in [3.8, 4) is 17.2 Å². The lowest BCUT2D eigenvalue weighted by Gasteiger charge is -2.16. The van der Waals surface area contributed by atoms with Crippen molar-refractivity contribution in [1.82, 2.24) is 0 Å². The third-order valence-corrected chi connectivity index (χ3v) is 4.20. The Bertz CT molecular complexity index is 946. The fourth-order valence-corrected chi connectivity index (χ4v) is 2.95. The summed E-state index contributed by atoms with van der Waals surface area (Å²) in [6.07, 6.45) is 0.00302. The molecular weight excluding hydrogens is 362 g/mol. The molecule has 0 saturated carbocycles. The van der Waals surface area contributed by atoms with Gasteiger partial charge in [-0.05, 0) is 55.8 Å². The molecule has 0 radical (unpaired) electrons. The number of methoxy groups -OCH3 is 2. The van der Waals surface area contributed by atoms with Crippen molar-refractivity contribution in [3.63, 3.8) is 0 Å². The predicted octanol–water partition coefficient (Wildman–Crippen LogP) is 3.33. The average Bonchev–Trinajstić information content (AvgIpc) is 2.90. The summed E-state index contributed by atoms with van der Waals surface area (Å²) in [4.78, 5) is 26.4. The van der Waals surface area contributed by atoms with Gasteiger partial charge in [-0.15, -0.1) is 0 Å². The second kappa shape index (κ2) is 7.64. The minimum absolute atomic E-state index is 0.00302. The highest BCUT2D eigenvalue weighted by atomic mass is 16.5. The molecule has 7 nitrogen and oxygen atoms in total. The van der Waals surface area contributed by atoms with Gasteiger partial charge >= 0.3 is 5.91 Å². The van der Waals surface area contributed by atoms with Gasteiger partial charge in [0.2, 0.25) is 0 Å². The summed E-state index contributed by atoms with van der Waals surface area (Å²) in [7, 11) is 2.96. The predicted molar refractivity (Wildman–Crippen MR) is 104 cm³/mol. The number of hydrogen-bond acceptors (Lipinski definition) is 6. The van der Waals surface area contributed by atoms with E-state index in [0.717, 1.165) is 4.90 Å². The van der Waals surface area contributed by atoms with E-state index in [1.54, 1.807) is 42.5 Å². The summed E-state index contributed by atoms with van der Waals surface area (Å²) >= 11 is 0. The molecule has 0 atom stereocenters. The maximum absolute atomic E-state index is 12.9. The summed E-state index contributed by atoms with van der Waals surface area (Å²) in [5, 5.41) is 10.3. The zero-order chi connectivity index (χ0) is 20.4. The Morgan fingerprint density at radius 3 is 2.11 bits per heavy atom. The van der Waals surface area contributed by atoms with Gasteiger partial charge in [0.1, 0.15) is 5.75 Å². The van der Waals surface area contributed by atoms with Crippen LogP contribution in [0.5, 0.6) is 17.2 Å². The van der Waals surface area contributed by atoms with Crippen LogP contribution in [0.25, 0.3) is 5.57 Å². The number of carbonyl (C=O) groups is 2. The fraction of sp³-hybridized carbons (Fsp3) is 0.238. The molecule has 3 rings (SSSR count). The minimum atomic E-state index is -0.785. The highest BCUT2D eigenvalue weighted by Gasteiger charge is 2.40. The smallest absolute Gasteiger partial charge is 0.301 e. The number of hydrogen-bond donors (Lipinski definition) is 1. The van der Waals surface area contributed by atoms with Crippen molar-refractivity contribution in [3.05, 3.63) is 53.8 Å². The standard InChI is InChI=1S/C21H21NO6/c1-12(2)28-15-8-6-14(7-9-15)22-20(24)18(19(23)21(22)25)13-5-10-16(26-3)17(11-13)27-4/h5-12,23H,1-4H3. The van der Waals surface area contributed by atoms with Gasteiger partial charge in [-0.3, -0.25) is 9.59 Å². The normalized spacial score (nSPS) is 14.1. The number of ether oxygens (including phenoxy) is 3. The van der Waals surface area contributed by atoms with Gasteiger partial charge in [0.15, 0.2) is 17.3 Å². The lowest BCUT2D eigenvalue weighted by molar-refractivity contribution is -0.121. The lowest BCUT2D eigenvalue weighted by atomic mass is 10.0. The van der Waals surface area contributed by atoms with Gasteiger partial charge in [-0.2, -0.15) is 0 Å². The van der Waals surface area contributed by atoms with E-state index in [1.807, 2.05) is 13.8 Å². The largest absolute Gasteiger partial charge is 0.502 e. The Morgan fingerprint density at radius 1 is 0.893 bits per heavy atom. The summed E-state index contributed by atoms with van der Waals surface area (Å²) in [6, 6.07) is 11.3. The van der Waals surface area contributed by atoms with Crippen molar-refractivity contribution in [2.45, 2.75) is 20.0 Å². The van der Waals surface area contributed by atoms with Crippen LogP contribution in [0, 0.1) is 0 Å². The van der Waals surface area contributed by atoms with Crippen molar-refractivity contribution < 1.29 is 28.9 Å². The summed E-state index contributed by atoms with van der Waals surface area (Å²) in [6.45, 7) is 3.80. The molecular formula is C21H21NO6. The number of rotatable bonds is 6. The zero-order valence-corrected chi connectivity index (χ0v) is 16.1. The molecule has 2 aromatic rings. The Balaban J connectivity index is 1.94. The molecule has 2 aromatic carbocycles. The van der Waals surface area contributed by atoms with Crippen LogP contribution in [0.3, 0.4) is 0 Å². The molecule has 0 aliphatic carbocycles. The van der Waals surface area contributed by atoms with Crippen LogP contribution in [0.1, 0.15) is 19.4 Å². The Labute approximate surface area is 162 Å². The maximum Gasteiger partial charge on any atom is 0.301 e. The first-order valence-electron chi connectivity index (χ1n) is 8.68. The monoisotopic (exact) mass is 383 g/mol. The number of imide groups is 1. The van der Waals surface area contributed by atoms with E-state index in [-0.39, 0.29) is 11.7 Å². The number of aliphatic hydroxyl groups is 1. The first-order valence-corrected chi connectivity index (χ1v) is 8.68. The third-order valence-electron chi connectivity index (χ3n) is 4.20. The van der Waals surface area contributed by atoms with E-state index in [1.165, 1.54) is 14.2 Å². The van der Waals surface area contributed by atoms with E-state index in [0.29, 0.717) is 28.5 Å². The van der Waals surface area contributed by atoms with Crippen molar-refractivity contribution in [2.24, 2.45) is 0 Å². The first kappa shape index (κ1) is 19.3. The molecule has 7 heteroatoms. The highest BCUT2D eigenvalue weighted by molar-refractivity contribution is 6.44. The minimum Gasteiger partial charge on any atom is -0.502 e. The zero-order valence-electron chi connectivity index (χ0n) is 16.1. The summed E-state index contributed by atoms with van der Waals surface area (Å²) < 4.78 is 16.0. The van der Waals surface area contributed by atoms with E-state index in [4.69, 9.17) is 14.2 Å². The maximum atomic E-state index is 12.9. The van der Waals surface area contributed by atoms with Crippen molar-refractivity contribution in [1.29, 1.82) is 0 Å². The van der Waals surface area contributed by atoms with Crippen molar-refractivity contribution in [2.75, 3.05) is 19.1 Å². The molecule has 146 valence electrons. The van der Waals surface area contributed by atoms with Gasteiger partial charge in [-0.1, -0.05) is 6.07 Å². The molecule has 1 heterocycles. The van der Waals surface area contributed by atoms with E-state index in [2.05, 4.69) is 0 Å². The van der Waals surface area contributed by atoms with E-state index < -0.39 is 17.6 Å².